The van der Waals surface area contributed by atoms with Crippen LogP contribution in [0, 0.1) is 11.6 Å². The third-order valence-corrected chi connectivity index (χ3v) is 2.66. The number of aliphatic hydroxyl groups is 1. The predicted molar refractivity (Wildman–Crippen MR) is 63.4 cm³/mol. The van der Waals surface area contributed by atoms with Crippen LogP contribution >= 0.6 is 0 Å². The Morgan fingerprint density at radius 3 is 2.44 bits per heavy atom. The Kier molecular flexibility index (Phi) is 3.58. The van der Waals surface area contributed by atoms with Gasteiger partial charge in [-0.05, 0) is 35.4 Å². The summed E-state index contributed by atoms with van der Waals surface area (Å²) in [5.41, 5.74) is 0.850. The Morgan fingerprint density at radius 2 is 1.78 bits per heavy atom. The van der Waals surface area contributed by atoms with Crippen LogP contribution in [0.1, 0.15) is 17.2 Å². The molecular formula is C14H12F2O2. The van der Waals surface area contributed by atoms with E-state index in [-0.39, 0.29) is 5.75 Å². The van der Waals surface area contributed by atoms with Crippen molar-refractivity contribution in [3.63, 3.8) is 0 Å². The minimum absolute atomic E-state index is 0.0444. The Morgan fingerprint density at radius 1 is 1.06 bits per heavy atom. The predicted octanol–water partition coefficient (Wildman–Crippen LogP) is 3.06. The molecule has 1 atom stereocenters. The van der Waals surface area contributed by atoms with E-state index >= 15 is 0 Å². The van der Waals surface area contributed by atoms with Crippen LogP contribution < -0.4 is 4.74 Å². The van der Waals surface area contributed by atoms with Crippen molar-refractivity contribution in [2.75, 3.05) is 7.11 Å². The molecule has 2 rings (SSSR count). The summed E-state index contributed by atoms with van der Waals surface area (Å²) < 4.78 is 31.1. The maximum atomic E-state index is 13.2. The molecule has 1 N–H and O–H groups in total. The fourth-order valence-electron chi connectivity index (χ4n) is 1.72. The molecule has 0 heterocycles. The topological polar surface area (TPSA) is 29.5 Å². The summed E-state index contributed by atoms with van der Waals surface area (Å²) in [6.45, 7) is 0. The van der Waals surface area contributed by atoms with Crippen molar-refractivity contribution in [2.45, 2.75) is 6.10 Å². The van der Waals surface area contributed by atoms with E-state index in [1.807, 2.05) is 0 Å². The molecule has 0 amide bonds. The molecule has 0 fully saturated rings. The van der Waals surface area contributed by atoms with Crippen LogP contribution in [0.4, 0.5) is 8.78 Å². The van der Waals surface area contributed by atoms with Gasteiger partial charge in [-0.1, -0.05) is 18.2 Å². The maximum absolute atomic E-state index is 13.2. The number of ether oxygens (including phenoxy) is 1. The molecule has 0 saturated carbocycles. The Bertz CT molecular complexity index is 555. The van der Waals surface area contributed by atoms with Crippen molar-refractivity contribution < 1.29 is 18.6 Å². The van der Waals surface area contributed by atoms with Crippen LogP contribution in [0.5, 0.6) is 5.75 Å². The molecule has 0 aliphatic heterocycles. The lowest BCUT2D eigenvalue weighted by Crippen LogP contribution is -2.01. The van der Waals surface area contributed by atoms with Gasteiger partial charge in [0.15, 0.2) is 11.6 Å². The molecule has 0 saturated heterocycles. The van der Waals surface area contributed by atoms with Crippen LogP contribution in [0.25, 0.3) is 0 Å². The molecule has 4 heteroatoms. The summed E-state index contributed by atoms with van der Waals surface area (Å²) in [6, 6.07) is 9.68. The van der Waals surface area contributed by atoms with Gasteiger partial charge >= 0.3 is 0 Å². The lowest BCUT2D eigenvalue weighted by atomic mass is 10.0. The summed E-state index contributed by atoms with van der Waals surface area (Å²) in [5.74, 6) is -0.892. The van der Waals surface area contributed by atoms with Gasteiger partial charge in [0.1, 0.15) is 11.9 Å². The fraction of sp³-hybridized carbons (Fsp3) is 0.143. The molecule has 0 spiro atoms. The van der Waals surface area contributed by atoms with Crippen LogP contribution in [-0.4, -0.2) is 12.2 Å². The van der Waals surface area contributed by atoms with Crippen LogP contribution in [0.3, 0.4) is 0 Å². The largest absolute Gasteiger partial charge is 0.494 e. The van der Waals surface area contributed by atoms with E-state index in [1.165, 1.54) is 43.5 Å². The standard InChI is InChI=1S/C14H12F2O2/c1-18-13-8-10(5-6-12(13)16)14(17)9-3-2-4-11(15)7-9/h2-8,14,17H,1H3. The van der Waals surface area contributed by atoms with Crippen LogP contribution in [0.15, 0.2) is 42.5 Å². The lowest BCUT2D eigenvalue weighted by Gasteiger charge is -2.13. The Balaban J connectivity index is 2.36. The van der Waals surface area contributed by atoms with E-state index in [1.54, 1.807) is 6.07 Å². The van der Waals surface area contributed by atoms with Gasteiger partial charge in [0.25, 0.3) is 0 Å². The van der Waals surface area contributed by atoms with Gasteiger partial charge < -0.3 is 9.84 Å². The molecule has 0 aliphatic carbocycles. The first-order chi connectivity index (χ1) is 8.61. The molecule has 2 aromatic carbocycles. The normalized spacial score (nSPS) is 12.2. The molecule has 0 aromatic heterocycles. The van der Waals surface area contributed by atoms with Crippen molar-refractivity contribution in [1.82, 2.24) is 0 Å². The molecule has 2 nitrogen and oxygen atoms in total. The maximum Gasteiger partial charge on any atom is 0.165 e. The van der Waals surface area contributed by atoms with Crippen LogP contribution in [-0.2, 0) is 0 Å². The number of rotatable bonds is 3. The quantitative estimate of drug-likeness (QED) is 0.907. The zero-order valence-corrected chi connectivity index (χ0v) is 9.73. The second-order valence-electron chi connectivity index (χ2n) is 3.85. The molecule has 94 valence electrons. The van der Waals surface area contributed by atoms with Crippen molar-refractivity contribution in [1.29, 1.82) is 0 Å². The SMILES string of the molecule is COc1cc(C(O)c2cccc(F)c2)ccc1F. The van der Waals surface area contributed by atoms with Gasteiger partial charge in [-0.15, -0.1) is 0 Å². The first-order valence-corrected chi connectivity index (χ1v) is 5.39. The van der Waals surface area contributed by atoms with E-state index in [0.717, 1.165) is 0 Å². The van der Waals surface area contributed by atoms with E-state index in [9.17, 15) is 13.9 Å². The highest BCUT2D eigenvalue weighted by Gasteiger charge is 2.13. The molecule has 0 radical (unpaired) electrons. The number of halogens is 2. The van der Waals surface area contributed by atoms with Crippen molar-refractivity contribution in [3.8, 4) is 5.75 Å². The zero-order valence-electron chi connectivity index (χ0n) is 9.73. The van der Waals surface area contributed by atoms with Gasteiger partial charge in [0, 0.05) is 0 Å². The Labute approximate surface area is 103 Å². The first-order valence-electron chi connectivity index (χ1n) is 5.39. The van der Waals surface area contributed by atoms with E-state index in [2.05, 4.69) is 0 Å². The molecule has 1 unspecified atom stereocenters. The fourth-order valence-corrected chi connectivity index (χ4v) is 1.72. The third-order valence-electron chi connectivity index (χ3n) is 2.66. The first kappa shape index (κ1) is 12.5. The number of benzene rings is 2. The van der Waals surface area contributed by atoms with Gasteiger partial charge in [-0.3, -0.25) is 0 Å². The zero-order chi connectivity index (χ0) is 13.1. The summed E-state index contributed by atoms with van der Waals surface area (Å²) >= 11 is 0. The number of aliphatic hydroxyl groups excluding tert-OH is 1. The highest BCUT2D eigenvalue weighted by Crippen LogP contribution is 2.27. The summed E-state index contributed by atoms with van der Waals surface area (Å²) in [5, 5.41) is 10.1. The second-order valence-corrected chi connectivity index (χ2v) is 3.85. The van der Waals surface area contributed by atoms with Crippen molar-refractivity contribution in [2.24, 2.45) is 0 Å². The average molecular weight is 250 g/mol. The van der Waals surface area contributed by atoms with Crippen molar-refractivity contribution in [3.05, 3.63) is 65.2 Å². The third kappa shape index (κ3) is 2.49. The number of hydrogen-bond acceptors (Lipinski definition) is 2. The van der Waals surface area contributed by atoms with Gasteiger partial charge in [0.05, 0.1) is 7.11 Å². The highest BCUT2D eigenvalue weighted by atomic mass is 19.1. The molecular weight excluding hydrogens is 238 g/mol. The molecule has 0 bridgehead atoms. The molecule has 0 aliphatic rings. The average Bonchev–Trinajstić information content (AvgIpc) is 2.38. The van der Waals surface area contributed by atoms with Crippen LogP contribution in [0.2, 0.25) is 0 Å². The number of hydrogen-bond donors (Lipinski definition) is 1. The van der Waals surface area contributed by atoms with Gasteiger partial charge in [-0.2, -0.15) is 0 Å². The smallest absolute Gasteiger partial charge is 0.165 e. The molecule has 18 heavy (non-hydrogen) atoms. The van der Waals surface area contributed by atoms with E-state index in [0.29, 0.717) is 11.1 Å². The van der Waals surface area contributed by atoms with E-state index in [4.69, 9.17) is 4.74 Å². The summed E-state index contributed by atoms with van der Waals surface area (Å²) in [7, 11) is 1.34. The minimum atomic E-state index is -1.02. The monoisotopic (exact) mass is 250 g/mol. The Hall–Kier alpha value is -1.94. The van der Waals surface area contributed by atoms with Gasteiger partial charge in [-0.25, -0.2) is 8.78 Å². The molecule has 2 aromatic rings. The number of methoxy groups -OCH3 is 1. The van der Waals surface area contributed by atoms with E-state index < -0.39 is 17.7 Å². The second kappa shape index (κ2) is 5.14. The van der Waals surface area contributed by atoms with Gasteiger partial charge in [0.2, 0.25) is 0 Å². The lowest BCUT2D eigenvalue weighted by molar-refractivity contribution is 0.219. The summed E-state index contributed by atoms with van der Waals surface area (Å²) in [4.78, 5) is 0. The highest BCUT2D eigenvalue weighted by molar-refractivity contribution is 5.36. The minimum Gasteiger partial charge on any atom is -0.494 e. The van der Waals surface area contributed by atoms with Crippen molar-refractivity contribution >= 4 is 0 Å². The summed E-state index contributed by atoms with van der Waals surface area (Å²) in [6.07, 6.45) is -1.02.